The Morgan fingerprint density at radius 1 is 1.23 bits per heavy atom. The number of methoxy groups -OCH3 is 1. The van der Waals surface area contributed by atoms with Gasteiger partial charge in [0.05, 0.1) is 7.11 Å². The van der Waals surface area contributed by atoms with Gasteiger partial charge in [0.15, 0.2) is 0 Å². The van der Waals surface area contributed by atoms with Crippen molar-refractivity contribution in [3.63, 3.8) is 0 Å². The molecule has 0 bridgehead atoms. The lowest BCUT2D eigenvalue weighted by molar-refractivity contribution is -0.185. The highest BCUT2D eigenvalue weighted by Crippen LogP contribution is 2.55. The Hall–Kier alpha value is -1.51. The molecule has 0 spiro atoms. The van der Waals surface area contributed by atoms with Gasteiger partial charge in [0, 0.05) is 12.3 Å². The Bertz CT molecular complexity index is 609. The lowest BCUT2D eigenvalue weighted by atomic mass is 9.57. The fourth-order valence-corrected chi connectivity index (χ4v) is 5.20. The molecule has 0 radical (unpaired) electrons. The van der Waals surface area contributed by atoms with Crippen LogP contribution in [0.5, 0.6) is 5.75 Å². The van der Waals surface area contributed by atoms with Crippen molar-refractivity contribution in [2.75, 3.05) is 7.11 Å². The zero-order chi connectivity index (χ0) is 15.3. The van der Waals surface area contributed by atoms with Crippen LogP contribution in [0.2, 0.25) is 0 Å². The molecule has 3 aliphatic rings. The summed E-state index contributed by atoms with van der Waals surface area (Å²) >= 11 is 0. The molecular weight excluding hydrogens is 276 g/mol. The summed E-state index contributed by atoms with van der Waals surface area (Å²) in [6, 6.07) is 6.57. The van der Waals surface area contributed by atoms with E-state index in [0.717, 1.165) is 31.4 Å². The maximum absolute atomic E-state index is 11.7. The Balaban J connectivity index is 1.66. The first kappa shape index (κ1) is 14.1. The number of hydrogen-bond donors (Lipinski definition) is 0. The minimum Gasteiger partial charge on any atom is -0.497 e. The van der Waals surface area contributed by atoms with Crippen LogP contribution in [0.1, 0.15) is 56.1 Å². The largest absolute Gasteiger partial charge is 0.497 e. The second-order valence-electron chi connectivity index (χ2n) is 7.34. The van der Waals surface area contributed by atoms with Gasteiger partial charge in [-0.15, -0.1) is 0 Å². The summed E-state index contributed by atoms with van der Waals surface area (Å²) in [5, 5.41) is 0. The Labute approximate surface area is 132 Å². The third kappa shape index (κ3) is 2.05. The van der Waals surface area contributed by atoms with Crippen LogP contribution >= 0.6 is 0 Å². The summed E-state index contributed by atoms with van der Waals surface area (Å²) in [4.78, 5) is 11.7. The SMILES string of the molecule is COc1ccc2c(c1)CC[C@H]1[C@@H]2CC[C@]2(C)OC(=O)CC[C@@H]12. The Morgan fingerprint density at radius 3 is 2.91 bits per heavy atom. The number of hydrogen-bond acceptors (Lipinski definition) is 3. The molecule has 1 saturated carbocycles. The summed E-state index contributed by atoms with van der Waals surface area (Å²) < 4.78 is 11.2. The number of benzene rings is 1. The van der Waals surface area contributed by atoms with Crippen molar-refractivity contribution in [1.82, 2.24) is 0 Å². The van der Waals surface area contributed by atoms with Gasteiger partial charge in [0.2, 0.25) is 0 Å². The number of carbonyl (C=O) groups excluding carboxylic acids is 1. The van der Waals surface area contributed by atoms with E-state index in [1.165, 1.54) is 17.5 Å². The monoisotopic (exact) mass is 300 g/mol. The van der Waals surface area contributed by atoms with Gasteiger partial charge < -0.3 is 9.47 Å². The van der Waals surface area contributed by atoms with Crippen LogP contribution in [0.3, 0.4) is 0 Å². The van der Waals surface area contributed by atoms with E-state index in [1.807, 2.05) is 0 Å². The zero-order valence-electron chi connectivity index (χ0n) is 13.4. The highest BCUT2D eigenvalue weighted by molar-refractivity contribution is 5.71. The number of ether oxygens (including phenoxy) is 2. The van der Waals surface area contributed by atoms with Crippen molar-refractivity contribution < 1.29 is 14.3 Å². The molecule has 1 aromatic rings. The van der Waals surface area contributed by atoms with Gasteiger partial charge in [-0.1, -0.05) is 6.07 Å². The average Bonchev–Trinajstić information content (AvgIpc) is 2.52. The number of rotatable bonds is 1. The molecular formula is C19H24O3. The molecule has 0 N–H and O–H groups in total. The molecule has 0 unspecified atom stereocenters. The maximum Gasteiger partial charge on any atom is 0.306 e. The molecule has 3 nitrogen and oxygen atoms in total. The number of aryl methyl sites for hydroxylation is 1. The number of esters is 1. The van der Waals surface area contributed by atoms with Crippen LogP contribution in [-0.2, 0) is 16.0 Å². The molecule has 22 heavy (non-hydrogen) atoms. The molecule has 2 aliphatic carbocycles. The Kier molecular flexibility index (Phi) is 3.21. The van der Waals surface area contributed by atoms with Crippen molar-refractivity contribution in [1.29, 1.82) is 0 Å². The van der Waals surface area contributed by atoms with Gasteiger partial charge in [0.1, 0.15) is 11.4 Å². The van der Waals surface area contributed by atoms with E-state index in [2.05, 4.69) is 25.1 Å². The predicted octanol–water partition coefficient (Wildman–Crippen LogP) is 3.85. The number of carbonyl (C=O) groups is 1. The molecule has 1 aliphatic heterocycles. The van der Waals surface area contributed by atoms with Crippen LogP contribution < -0.4 is 4.74 Å². The predicted molar refractivity (Wildman–Crippen MR) is 84.0 cm³/mol. The first-order valence-electron chi connectivity index (χ1n) is 8.49. The van der Waals surface area contributed by atoms with Crippen molar-refractivity contribution in [3.8, 4) is 5.75 Å². The van der Waals surface area contributed by atoms with E-state index < -0.39 is 0 Å². The van der Waals surface area contributed by atoms with Crippen molar-refractivity contribution in [2.24, 2.45) is 11.8 Å². The van der Waals surface area contributed by atoms with Gasteiger partial charge in [-0.2, -0.15) is 0 Å². The van der Waals surface area contributed by atoms with Crippen LogP contribution in [0.15, 0.2) is 18.2 Å². The van der Waals surface area contributed by atoms with Gasteiger partial charge in [0.25, 0.3) is 0 Å². The van der Waals surface area contributed by atoms with Crippen molar-refractivity contribution in [2.45, 2.75) is 57.0 Å². The highest BCUT2D eigenvalue weighted by atomic mass is 16.6. The lowest BCUT2D eigenvalue weighted by Crippen LogP contribution is -2.52. The summed E-state index contributed by atoms with van der Waals surface area (Å²) in [5.74, 6) is 2.78. The smallest absolute Gasteiger partial charge is 0.306 e. The van der Waals surface area contributed by atoms with Crippen LogP contribution in [0, 0.1) is 11.8 Å². The quantitative estimate of drug-likeness (QED) is 0.739. The minimum absolute atomic E-state index is 0.00172. The second-order valence-corrected chi connectivity index (χ2v) is 7.34. The van der Waals surface area contributed by atoms with Gasteiger partial charge in [-0.3, -0.25) is 4.79 Å². The first-order chi connectivity index (χ1) is 10.6. The Morgan fingerprint density at radius 2 is 2.09 bits per heavy atom. The van der Waals surface area contributed by atoms with Crippen molar-refractivity contribution in [3.05, 3.63) is 29.3 Å². The van der Waals surface area contributed by atoms with Gasteiger partial charge >= 0.3 is 5.97 Å². The van der Waals surface area contributed by atoms with Gasteiger partial charge in [-0.25, -0.2) is 0 Å². The van der Waals surface area contributed by atoms with Crippen LogP contribution in [-0.4, -0.2) is 18.7 Å². The van der Waals surface area contributed by atoms with E-state index in [9.17, 15) is 4.79 Å². The molecule has 118 valence electrons. The minimum atomic E-state index is -0.222. The average molecular weight is 300 g/mol. The van der Waals surface area contributed by atoms with Crippen molar-refractivity contribution >= 4 is 5.97 Å². The first-order valence-corrected chi connectivity index (χ1v) is 8.49. The molecule has 3 heteroatoms. The van der Waals surface area contributed by atoms with E-state index in [0.29, 0.717) is 24.2 Å². The van der Waals surface area contributed by atoms with Crippen LogP contribution in [0.25, 0.3) is 0 Å². The molecule has 1 saturated heterocycles. The molecule has 1 heterocycles. The summed E-state index contributed by atoms with van der Waals surface area (Å²) in [6.45, 7) is 2.16. The normalized spacial score (nSPS) is 36.6. The molecule has 4 atom stereocenters. The zero-order valence-corrected chi connectivity index (χ0v) is 13.4. The fourth-order valence-electron chi connectivity index (χ4n) is 5.20. The standard InChI is InChI=1S/C19H24O3/c1-19-10-9-15-14-6-4-13(21-2)11-12(14)3-5-16(15)17(19)7-8-18(20)22-19/h4,6,11,15-17H,3,5,7-10H2,1-2H3/t15-,16+,17+,19+/m1/s1. The topological polar surface area (TPSA) is 35.5 Å². The van der Waals surface area contributed by atoms with E-state index in [-0.39, 0.29) is 11.6 Å². The van der Waals surface area contributed by atoms with E-state index in [1.54, 1.807) is 7.11 Å². The maximum atomic E-state index is 11.7. The molecule has 0 aromatic heterocycles. The van der Waals surface area contributed by atoms with Crippen LogP contribution in [0.4, 0.5) is 0 Å². The number of fused-ring (bicyclic) bond motifs is 5. The molecule has 2 fully saturated rings. The highest BCUT2D eigenvalue weighted by Gasteiger charge is 2.52. The second kappa shape index (κ2) is 5.00. The molecule has 1 aromatic carbocycles. The van der Waals surface area contributed by atoms with E-state index in [4.69, 9.17) is 9.47 Å². The lowest BCUT2D eigenvalue weighted by Gasteiger charge is -2.53. The van der Waals surface area contributed by atoms with E-state index >= 15 is 0 Å². The summed E-state index contributed by atoms with van der Waals surface area (Å²) in [5.41, 5.74) is 2.74. The summed E-state index contributed by atoms with van der Waals surface area (Å²) in [6.07, 6.45) is 6.05. The fraction of sp³-hybridized carbons (Fsp3) is 0.632. The molecule has 4 rings (SSSR count). The third-order valence-electron chi connectivity index (χ3n) is 6.27. The molecule has 0 amide bonds. The third-order valence-corrected chi connectivity index (χ3v) is 6.27. The van der Waals surface area contributed by atoms with Gasteiger partial charge in [-0.05, 0) is 74.1 Å². The summed E-state index contributed by atoms with van der Waals surface area (Å²) in [7, 11) is 1.73.